The van der Waals surface area contributed by atoms with Crippen LogP contribution >= 0.6 is 0 Å². The molecular weight excluding hydrogens is 404 g/mol. The van der Waals surface area contributed by atoms with E-state index in [1.165, 1.54) is 23.1 Å². The fourth-order valence-corrected chi connectivity index (χ4v) is 4.40. The fraction of sp³-hybridized carbons (Fsp3) is 0.409. The third-order valence-corrected chi connectivity index (χ3v) is 6.77. The van der Waals surface area contributed by atoms with E-state index in [-0.39, 0.29) is 21.7 Å². The minimum Gasteiger partial charge on any atom is -0.335 e. The van der Waals surface area contributed by atoms with Gasteiger partial charge in [-0.15, -0.1) is 0 Å². The van der Waals surface area contributed by atoms with Crippen LogP contribution in [0.5, 0.6) is 0 Å². The third-order valence-electron chi connectivity index (χ3n) is 5.64. The smallest absolute Gasteiger partial charge is 0.261 e. The number of carbonyl (C=O) groups excluding carboxylic acids is 2. The van der Waals surface area contributed by atoms with Crippen LogP contribution < -0.4 is 5.56 Å². The Bertz CT molecular complexity index is 1180. The molecular formula is C22H26N2O5S. The molecule has 2 aromatic rings. The van der Waals surface area contributed by atoms with E-state index in [0.29, 0.717) is 24.1 Å². The Morgan fingerprint density at radius 1 is 1.13 bits per heavy atom. The molecule has 0 saturated carbocycles. The zero-order chi connectivity index (χ0) is 22.4. The van der Waals surface area contributed by atoms with Crippen LogP contribution in [-0.2, 0) is 16.3 Å². The lowest BCUT2D eigenvalue weighted by atomic mass is 9.75. The van der Waals surface area contributed by atoms with Gasteiger partial charge in [-0.3, -0.25) is 14.4 Å². The van der Waals surface area contributed by atoms with Crippen molar-refractivity contribution in [3.8, 4) is 0 Å². The van der Waals surface area contributed by atoms with E-state index in [2.05, 4.69) is 4.98 Å². The molecule has 160 valence electrons. The van der Waals surface area contributed by atoms with E-state index in [4.69, 9.17) is 0 Å². The Kier molecular flexibility index (Phi) is 5.49. The van der Waals surface area contributed by atoms with Gasteiger partial charge in [0.05, 0.1) is 10.9 Å². The van der Waals surface area contributed by atoms with Gasteiger partial charge < -0.3 is 9.88 Å². The van der Waals surface area contributed by atoms with Crippen LogP contribution in [0.25, 0.3) is 0 Å². The molecule has 1 aromatic carbocycles. The van der Waals surface area contributed by atoms with Gasteiger partial charge in [0.15, 0.2) is 15.6 Å². The predicted molar refractivity (Wildman–Crippen MR) is 114 cm³/mol. The first-order valence-electron chi connectivity index (χ1n) is 9.67. The highest BCUT2D eigenvalue weighted by Crippen LogP contribution is 2.33. The Hall–Kier alpha value is -2.74. The van der Waals surface area contributed by atoms with Crippen molar-refractivity contribution in [2.45, 2.75) is 44.6 Å². The van der Waals surface area contributed by atoms with Gasteiger partial charge in [-0.1, -0.05) is 26.0 Å². The van der Waals surface area contributed by atoms with Gasteiger partial charge in [0, 0.05) is 31.0 Å². The maximum absolute atomic E-state index is 13.0. The molecule has 0 aliphatic heterocycles. The van der Waals surface area contributed by atoms with Crippen molar-refractivity contribution in [1.29, 1.82) is 0 Å². The molecule has 0 saturated heterocycles. The first kappa shape index (κ1) is 22.0. The summed E-state index contributed by atoms with van der Waals surface area (Å²) in [6, 6.07) is 7.28. The van der Waals surface area contributed by atoms with Crippen LogP contribution in [0.3, 0.4) is 0 Å². The van der Waals surface area contributed by atoms with Crippen LogP contribution in [0.1, 0.15) is 65.2 Å². The lowest BCUT2D eigenvalue weighted by Crippen LogP contribution is -2.36. The van der Waals surface area contributed by atoms with Gasteiger partial charge in [-0.05, 0) is 42.5 Å². The quantitative estimate of drug-likeness (QED) is 0.803. The molecule has 30 heavy (non-hydrogen) atoms. The molecule has 1 aliphatic rings. The Labute approximate surface area is 176 Å². The van der Waals surface area contributed by atoms with E-state index in [1.54, 1.807) is 26.1 Å². The highest BCUT2D eigenvalue weighted by atomic mass is 32.2. The number of nitrogens with one attached hydrogen (secondary N) is 1. The average Bonchev–Trinajstić information content (AvgIpc) is 2.64. The lowest BCUT2D eigenvalue weighted by molar-refractivity contribution is 0.0740. The van der Waals surface area contributed by atoms with E-state index in [0.717, 1.165) is 11.8 Å². The molecule has 7 nitrogen and oxygen atoms in total. The van der Waals surface area contributed by atoms with Gasteiger partial charge in [0.1, 0.15) is 5.56 Å². The molecule has 8 heteroatoms. The number of aromatic nitrogens is 1. The number of sulfone groups is 1. The number of rotatable bonds is 4. The summed E-state index contributed by atoms with van der Waals surface area (Å²) in [7, 11) is -1.74. The van der Waals surface area contributed by atoms with Crippen molar-refractivity contribution in [1.82, 2.24) is 9.88 Å². The predicted octanol–water partition coefficient (Wildman–Crippen LogP) is 2.77. The second-order valence-corrected chi connectivity index (χ2v) is 10.8. The summed E-state index contributed by atoms with van der Waals surface area (Å²) in [5, 5.41) is 0. The summed E-state index contributed by atoms with van der Waals surface area (Å²) in [5.41, 5.74) is 0.868. The van der Waals surface area contributed by atoms with Gasteiger partial charge in [0.2, 0.25) is 0 Å². The zero-order valence-electron chi connectivity index (χ0n) is 17.8. The molecule has 1 unspecified atom stereocenters. The van der Waals surface area contributed by atoms with Crippen molar-refractivity contribution in [2.75, 3.05) is 13.3 Å². The highest BCUT2D eigenvalue weighted by molar-refractivity contribution is 7.90. The van der Waals surface area contributed by atoms with Gasteiger partial charge >= 0.3 is 0 Å². The number of H-pyrrole nitrogens is 1. The Morgan fingerprint density at radius 2 is 1.73 bits per heavy atom. The first-order chi connectivity index (χ1) is 13.8. The summed E-state index contributed by atoms with van der Waals surface area (Å²) in [5.74, 6) is -0.588. The normalized spacial score (nSPS) is 16.6. The molecule has 1 aliphatic carbocycles. The summed E-state index contributed by atoms with van der Waals surface area (Å²) >= 11 is 0. The number of Topliss-reactive ketones (excluding diaryl/α,β-unsaturated/α-hetero) is 1. The summed E-state index contributed by atoms with van der Waals surface area (Å²) < 4.78 is 23.3. The van der Waals surface area contributed by atoms with E-state index >= 15 is 0 Å². The lowest BCUT2D eigenvalue weighted by Gasteiger charge is -2.30. The second kappa shape index (κ2) is 7.50. The number of hydrogen-bond acceptors (Lipinski definition) is 5. The Balaban J connectivity index is 1.90. The molecule has 0 fully saturated rings. The van der Waals surface area contributed by atoms with Crippen molar-refractivity contribution in [3.63, 3.8) is 0 Å². The number of benzene rings is 1. The van der Waals surface area contributed by atoms with Crippen LogP contribution in [0.2, 0.25) is 0 Å². The number of ketones is 1. The molecule has 0 radical (unpaired) electrons. The molecule has 1 atom stereocenters. The van der Waals surface area contributed by atoms with E-state index < -0.39 is 27.3 Å². The first-order valence-corrected chi connectivity index (χ1v) is 11.6. The zero-order valence-corrected chi connectivity index (χ0v) is 18.6. The number of aromatic amines is 1. The maximum Gasteiger partial charge on any atom is 0.261 e. The summed E-state index contributed by atoms with van der Waals surface area (Å²) in [6.45, 7) is 5.72. The molecule has 0 bridgehead atoms. The van der Waals surface area contributed by atoms with E-state index in [1.807, 2.05) is 13.8 Å². The average molecular weight is 431 g/mol. The standard InChI is InChI=1S/C22H26N2O5S/c1-13(14-6-8-15(9-7-14)30(5,28)29)24(4)21(27)17-10-16-18(23-20(17)26)11-22(2,3)12-19(16)25/h6-10,13H,11-12H2,1-5H3,(H,23,26). The maximum atomic E-state index is 13.0. The largest absolute Gasteiger partial charge is 0.335 e. The number of pyridine rings is 1. The fourth-order valence-electron chi connectivity index (χ4n) is 3.77. The number of carbonyl (C=O) groups is 2. The van der Waals surface area contributed by atoms with Crippen molar-refractivity contribution < 1.29 is 18.0 Å². The molecule has 1 amide bonds. The van der Waals surface area contributed by atoms with Gasteiger partial charge in [0.25, 0.3) is 11.5 Å². The second-order valence-electron chi connectivity index (χ2n) is 8.78. The molecule has 1 N–H and O–H groups in total. The highest BCUT2D eigenvalue weighted by Gasteiger charge is 2.33. The van der Waals surface area contributed by atoms with Gasteiger partial charge in [-0.2, -0.15) is 0 Å². The van der Waals surface area contributed by atoms with Gasteiger partial charge in [-0.25, -0.2) is 8.42 Å². The minimum atomic E-state index is -3.31. The monoisotopic (exact) mass is 430 g/mol. The summed E-state index contributed by atoms with van der Waals surface area (Å²) in [4.78, 5) is 42.5. The summed E-state index contributed by atoms with van der Waals surface area (Å²) in [6.07, 6.45) is 2.06. The van der Waals surface area contributed by atoms with Crippen molar-refractivity contribution >= 4 is 21.5 Å². The number of hydrogen-bond donors (Lipinski definition) is 1. The molecule has 0 spiro atoms. The Morgan fingerprint density at radius 3 is 2.30 bits per heavy atom. The number of fused-ring (bicyclic) bond motifs is 1. The molecule has 1 heterocycles. The SMILES string of the molecule is CC(c1ccc(S(C)(=O)=O)cc1)N(C)C(=O)c1cc2c([nH]c1=O)CC(C)(C)CC2=O. The van der Waals surface area contributed by atoms with Crippen molar-refractivity contribution in [3.05, 3.63) is 63.1 Å². The van der Waals surface area contributed by atoms with Crippen LogP contribution in [0.15, 0.2) is 40.0 Å². The molecule has 3 rings (SSSR count). The molecule has 1 aromatic heterocycles. The third kappa shape index (κ3) is 4.23. The number of nitrogens with zero attached hydrogens (tertiary/aromatic N) is 1. The topological polar surface area (TPSA) is 104 Å². The van der Waals surface area contributed by atoms with E-state index in [9.17, 15) is 22.8 Å². The van der Waals surface area contributed by atoms with Crippen LogP contribution in [0.4, 0.5) is 0 Å². The van der Waals surface area contributed by atoms with Crippen LogP contribution in [-0.4, -0.2) is 43.3 Å². The minimum absolute atomic E-state index is 0.0797. The van der Waals surface area contributed by atoms with Crippen LogP contribution in [0, 0.1) is 5.41 Å². The number of amides is 1. The van der Waals surface area contributed by atoms with Crippen molar-refractivity contribution in [2.24, 2.45) is 5.41 Å².